The minimum absolute atomic E-state index is 0.0103. The van der Waals surface area contributed by atoms with Crippen molar-refractivity contribution in [3.05, 3.63) is 44.4 Å². The zero-order chi connectivity index (χ0) is 17.3. The van der Waals surface area contributed by atoms with Crippen molar-refractivity contribution in [1.29, 1.82) is 5.41 Å². The third kappa shape index (κ3) is 8.04. The molecule has 0 aliphatic rings. The van der Waals surface area contributed by atoms with Gasteiger partial charge >= 0.3 is 0 Å². The van der Waals surface area contributed by atoms with Gasteiger partial charge in [-0.3, -0.25) is 10.3 Å². The molecule has 0 aromatic heterocycles. The summed E-state index contributed by atoms with van der Waals surface area (Å²) in [7, 11) is 0. The summed E-state index contributed by atoms with van der Waals surface area (Å²) in [6.45, 7) is 4.28. The van der Waals surface area contributed by atoms with Gasteiger partial charge in [0.05, 0.1) is 6.54 Å². The van der Waals surface area contributed by atoms with Crippen LogP contribution >= 0.6 is 15.9 Å². The fourth-order valence-corrected chi connectivity index (χ4v) is 1.77. The van der Waals surface area contributed by atoms with Gasteiger partial charge in [0.1, 0.15) is 0 Å². The second-order valence-electron chi connectivity index (χ2n) is 4.39. The molecule has 1 rings (SSSR count). The standard InChI is InChI=1S/C12H18BrN5.HNO3/c1-8(2)18(11(14)15)12(16)17-7-9-3-5-10(13)6-4-9;2-1(3)4/h3-6,8H,7H2,1-2H3,(H3,14,15)(H2,16,17);(H,2,3,4). The molecule has 0 unspecified atom stereocenters. The fourth-order valence-electron chi connectivity index (χ4n) is 1.50. The first-order valence-corrected chi connectivity index (χ1v) is 6.95. The zero-order valence-electron chi connectivity index (χ0n) is 12.2. The fraction of sp³-hybridized carbons (Fsp3) is 0.333. The number of nitrogens with two attached hydrogens (primary N) is 2. The number of guanidine groups is 2. The summed E-state index contributed by atoms with van der Waals surface area (Å²) < 4.78 is 1.02. The molecular weight excluding hydrogens is 356 g/mol. The number of halogens is 1. The van der Waals surface area contributed by atoms with Crippen molar-refractivity contribution in [2.24, 2.45) is 16.5 Å². The van der Waals surface area contributed by atoms with E-state index in [0.717, 1.165) is 10.0 Å². The summed E-state index contributed by atoms with van der Waals surface area (Å²) in [5.41, 5.74) is 12.4. The lowest BCUT2D eigenvalue weighted by Crippen LogP contribution is -2.49. The molecule has 1 aromatic carbocycles. The van der Waals surface area contributed by atoms with E-state index >= 15 is 0 Å². The van der Waals surface area contributed by atoms with Crippen LogP contribution in [0, 0.1) is 15.5 Å². The van der Waals surface area contributed by atoms with Crippen molar-refractivity contribution in [2.45, 2.75) is 26.4 Å². The highest BCUT2D eigenvalue weighted by molar-refractivity contribution is 9.10. The maximum absolute atomic E-state index is 8.36. The molecule has 0 aliphatic carbocycles. The van der Waals surface area contributed by atoms with Crippen LogP contribution < -0.4 is 11.5 Å². The summed E-state index contributed by atoms with van der Waals surface area (Å²) in [5, 5.41) is 21.1. The van der Waals surface area contributed by atoms with Crippen LogP contribution in [0.15, 0.2) is 33.7 Å². The average molecular weight is 375 g/mol. The quantitative estimate of drug-likeness (QED) is 0.272. The molecule has 10 heteroatoms. The summed E-state index contributed by atoms with van der Waals surface area (Å²) in [6, 6.07) is 7.84. The molecule has 9 nitrogen and oxygen atoms in total. The largest absolute Gasteiger partial charge is 0.370 e. The van der Waals surface area contributed by atoms with Gasteiger partial charge in [0.25, 0.3) is 5.09 Å². The molecule has 22 heavy (non-hydrogen) atoms. The second kappa shape index (κ2) is 9.55. The smallest absolute Gasteiger partial charge is 0.291 e. The van der Waals surface area contributed by atoms with Crippen LogP contribution in [-0.4, -0.2) is 33.2 Å². The molecule has 0 heterocycles. The summed E-state index contributed by atoms with van der Waals surface area (Å²) in [5.74, 6) is 0.169. The van der Waals surface area contributed by atoms with Gasteiger partial charge in [0.15, 0.2) is 11.9 Å². The Morgan fingerprint density at radius 2 is 1.91 bits per heavy atom. The number of hydrogen-bond donors (Lipinski definition) is 4. The van der Waals surface area contributed by atoms with Gasteiger partial charge in [-0.15, -0.1) is 10.1 Å². The van der Waals surface area contributed by atoms with Gasteiger partial charge in [-0.1, -0.05) is 28.1 Å². The van der Waals surface area contributed by atoms with Crippen LogP contribution in [0.25, 0.3) is 0 Å². The first-order chi connectivity index (χ1) is 10.1. The van der Waals surface area contributed by atoms with E-state index in [-0.39, 0.29) is 18.0 Å². The van der Waals surface area contributed by atoms with Gasteiger partial charge in [-0.2, -0.15) is 0 Å². The van der Waals surface area contributed by atoms with Gasteiger partial charge in [-0.25, -0.2) is 4.99 Å². The predicted octanol–water partition coefficient (Wildman–Crippen LogP) is 1.52. The SMILES string of the molecule is CC(C)N(C(=N)N)C(N)=NCc1ccc(Br)cc1.O=[N+]([O-])O. The Morgan fingerprint density at radius 3 is 2.27 bits per heavy atom. The van der Waals surface area contributed by atoms with Crippen LogP contribution in [-0.2, 0) is 6.54 Å². The molecule has 0 saturated carbocycles. The van der Waals surface area contributed by atoms with Crippen molar-refractivity contribution >= 4 is 27.8 Å². The highest BCUT2D eigenvalue weighted by atomic mass is 79.9. The second-order valence-corrected chi connectivity index (χ2v) is 5.30. The Kier molecular flexibility index (Phi) is 8.53. The van der Waals surface area contributed by atoms with E-state index in [1.165, 1.54) is 4.90 Å². The normalized spacial score (nSPS) is 10.6. The van der Waals surface area contributed by atoms with Crippen molar-refractivity contribution in [3.63, 3.8) is 0 Å². The Balaban J connectivity index is 0.000000980. The van der Waals surface area contributed by atoms with Crippen molar-refractivity contribution < 1.29 is 10.3 Å². The minimum atomic E-state index is -1.50. The number of rotatable bonds is 3. The van der Waals surface area contributed by atoms with E-state index in [1.807, 2.05) is 38.1 Å². The van der Waals surface area contributed by atoms with Crippen molar-refractivity contribution in [1.82, 2.24) is 4.90 Å². The monoisotopic (exact) mass is 374 g/mol. The van der Waals surface area contributed by atoms with Gasteiger partial charge in [0, 0.05) is 10.5 Å². The maximum Gasteiger partial charge on any atom is 0.291 e. The number of aliphatic imine (C=N–C) groups is 1. The first kappa shape index (κ1) is 19.6. The third-order valence-corrected chi connectivity index (χ3v) is 2.89. The Bertz CT molecular complexity index is 528. The van der Waals surface area contributed by atoms with E-state index in [9.17, 15) is 0 Å². The molecule has 1 aromatic rings. The molecule has 0 amide bonds. The Labute approximate surface area is 136 Å². The van der Waals surface area contributed by atoms with E-state index in [4.69, 9.17) is 32.2 Å². The molecule has 0 spiro atoms. The molecule has 0 bridgehead atoms. The highest BCUT2D eigenvalue weighted by Crippen LogP contribution is 2.11. The molecule has 0 saturated heterocycles. The molecule has 0 aliphatic heterocycles. The van der Waals surface area contributed by atoms with E-state index in [2.05, 4.69) is 20.9 Å². The summed E-state index contributed by atoms with van der Waals surface area (Å²) in [6.07, 6.45) is 0. The predicted molar refractivity (Wildman–Crippen MR) is 87.1 cm³/mol. The van der Waals surface area contributed by atoms with E-state index < -0.39 is 5.09 Å². The van der Waals surface area contributed by atoms with Gasteiger partial charge < -0.3 is 16.7 Å². The van der Waals surface area contributed by atoms with E-state index in [0.29, 0.717) is 6.54 Å². The minimum Gasteiger partial charge on any atom is -0.370 e. The van der Waals surface area contributed by atoms with Crippen LogP contribution in [0.3, 0.4) is 0 Å². The van der Waals surface area contributed by atoms with Crippen LogP contribution in [0.4, 0.5) is 0 Å². The molecule has 0 atom stereocenters. The lowest BCUT2D eigenvalue weighted by atomic mass is 10.2. The Hall–Kier alpha value is -2.36. The van der Waals surface area contributed by atoms with Gasteiger partial charge in [-0.05, 0) is 31.5 Å². The molecular formula is C12H19BrN6O3. The molecule has 6 N–H and O–H groups in total. The molecule has 0 fully saturated rings. The zero-order valence-corrected chi connectivity index (χ0v) is 13.8. The number of hydrogen-bond acceptors (Lipinski definition) is 4. The lowest BCUT2D eigenvalue weighted by molar-refractivity contribution is -0.742. The Morgan fingerprint density at radius 1 is 1.45 bits per heavy atom. The average Bonchev–Trinajstić information content (AvgIpc) is 2.36. The lowest BCUT2D eigenvalue weighted by Gasteiger charge is -2.25. The number of nitrogens with zero attached hydrogens (tertiary/aromatic N) is 3. The first-order valence-electron chi connectivity index (χ1n) is 6.16. The topological polar surface area (TPSA) is 155 Å². The maximum atomic E-state index is 8.36. The number of nitrogens with one attached hydrogen (secondary N) is 1. The summed E-state index contributed by atoms with van der Waals surface area (Å²) in [4.78, 5) is 14.1. The molecule has 122 valence electrons. The molecule has 0 radical (unpaired) electrons. The summed E-state index contributed by atoms with van der Waals surface area (Å²) >= 11 is 3.37. The highest BCUT2D eigenvalue weighted by Gasteiger charge is 2.14. The van der Waals surface area contributed by atoms with Crippen molar-refractivity contribution in [2.75, 3.05) is 0 Å². The van der Waals surface area contributed by atoms with Crippen molar-refractivity contribution in [3.8, 4) is 0 Å². The van der Waals surface area contributed by atoms with E-state index in [1.54, 1.807) is 0 Å². The third-order valence-electron chi connectivity index (χ3n) is 2.36. The van der Waals surface area contributed by atoms with Crippen LogP contribution in [0.1, 0.15) is 19.4 Å². The van der Waals surface area contributed by atoms with Crippen LogP contribution in [0.2, 0.25) is 0 Å². The number of benzene rings is 1. The van der Waals surface area contributed by atoms with Crippen LogP contribution in [0.5, 0.6) is 0 Å². The van der Waals surface area contributed by atoms with Gasteiger partial charge in [0.2, 0.25) is 0 Å².